The number of hydrogen-bond donors (Lipinski definition) is 1. The summed E-state index contributed by atoms with van der Waals surface area (Å²) in [4.78, 5) is 14.7. The molecule has 1 N–H and O–H groups in total. The zero-order valence-electron chi connectivity index (χ0n) is 9.34. The molecule has 18 heavy (non-hydrogen) atoms. The Labute approximate surface area is 107 Å². The Bertz CT molecular complexity index is 575. The van der Waals surface area contributed by atoms with E-state index in [1.807, 2.05) is 5.38 Å². The molecule has 0 unspecified atom stereocenters. The van der Waals surface area contributed by atoms with Crippen LogP contribution in [0, 0.1) is 5.82 Å². The van der Waals surface area contributed by atoms with Gasteiger partial charge in [0.2, 0.25) is 0 Å². The van der Waals surface area contributed by atoms with E-state index in [9.17, 15) is 9.18 Å². The van der Waals surface area contributed by atoms with Crippen LogP contribution in [0.4, 0.5) is 4.39 Å². The molecule has 0 aliphatic rings. The fourth-order valence-electron chi connectivity index (χ4n) is 1.42. The van der Waals surface area contributed by atoms with Gasteiger partial charge in [0.15, 0.2) is 0 Å². The van der Waals surface area contributed by atoms with E-state index in [2.05, 4.69) is 4.98 Å². The molecule has 2 rings (SSSR count). The number of allylic oxidation sites excluding steroid dienone is 1. The van der Waals surface area contributed by atoms with E-state index in [0.29, 0.717) is 6.42 Å². The summed E-state index contributed by atoms with van der Waals surface area (Å²) in [6, 6.07) is 6.11. The van der Waals surface area contributed by atoms with E-state index in [4.69, 9.17) is 5.11 Å². The normalized spacial score (nSPS) is 10.9. The first-order chi connectivity index (χ1) is 8.65. The van der Waals surface area contributed by atoms with Crippen molar-refractivity contribution in [1.82, 2.24) is 4.98 Å². The van der Waals surface area contributed by atoms with Crippen molar-refractivity contribution in [1.29, 1.82) is 0 Å². The lowest BCUT2D eigenvalue weighted by Crippen LogP contribution is -1.87. The summed E-state index contributed by atoms with van der Waals surface area (Å²) in [6.45, 7) is 0. The molecule has 0 atom stereocenters. The van der Waals surface area contributed by atoms with Gasteiger partial charge in [-0.05, 0) is 24.3 Å². The number of thiazole rings is 1. The van der Waals surface area contributed by atoms with Crippen LogP contribution < -0.4 is 0 Å². The molecule has 1 aromatic heterocycles. The quantitative estimate of drug-likeness (QED) is 0.862. The molecule has 5 heteroatoms. The van der Waals surface area contributed by atoms with Crippen molar-refractivity contribution in [2.75, 3.05) is 0 Å². The lowest BCUT2D eigenvalue weighted by Gasteiger charge is -1.95. The van der Waals surface area contributed by atoms with Crippen LogP contribution in [0.25, 0.3) is 11.3 Å². The van der Waals surface area contributed by atoms with Gasteiger partial charge in [0.25, 0.3) is 0 Å². The Morgan fingerprint density at radius 1 is 1.39 bits per heavy atom. The molecule has 0 saturated carbocycles. The summed E-state index contributed by atoms with van der Waals surface area (Å²) in [5.41, 5.74) is 1.62. The number of aromatic nitrogens is 1. The van der Waals surface area contributed by atoms with E-state index in [1.165, 1.54) is 23.5 Å². The van der Waals surface area contributed by atoms with Crippen LogP contribution in [0.1, 0.15) is 5.01 Å². The molecule has 0 amide bonds. The molecule has 1 aromatic carbocycles. The molecule has 0 aliphatic heterocycles. The average molecular weight is 263 g/mol. The maximum absolute atomic E-state index is 12.8. The largest absolute Gasteiger partial charge is 0.478 e. The van der Waals surface area contributed by atoms with Gasteiger partial charge in [-0.2, -0.15) is 0 Å². The second-order valence-corrected chi connectivity index (χ2v) is 4.52. The number of hydrogen-bond acceptors (Lipinski definition) is 3. The highest BCUT2D eigenvalue weighted by Crippen LogP contribution is 2.22. The number of aliphatic carboxylic acids is 1. The zero-order chi connectivity index (χ0) is 13.0. The van der Waals surface area contributed by atoms with Crippen LogP contribution in [0.15, 0.2) is 41.8 Å². The van der Waals surface area contributed by atoms with Gasteiger partial charge in [-0.15, -0.1) is 11.3 Å². The molecule has 0 aliphatic carbocycles. The molecule has 0 bridgehead atoms. The molecular formula is C13H10FNO2S. The number of nitrogens with zero attached hydrogens (tertiary/aromatic N) is 1. The molecule has 0 fully saturated rings. The Hall–Kier alpha value is -2.01. The molecule has 3 nitrogen and oxygen atoms in total. The molecular weight excluding hydrogens is 253 g/mol. The van der Waals surface area contributed by atoms with Crippen LogP contribution in [-0.4, -0.2) is 16.1 Å². The first-order valence-electron chi connectivity index (χ1n) is 5.25. The van der Waals surface area contributed by atoms with Gasteiger partial charge in [-0.1, -0.05) is 6.08 Å². The predicted molar refractivity (Wildman–Crippen MR) is 68.0 cm³/mol. The van der Waals surface area contributed by atoms with E-state index >= 15 is 0 Å². The lowest BCUT2D eigenvalue weighted by molar-refractivity contribution is -0.131. The van der Waals surface area contributed by atoms with Crippen molar-refractivity contribution < 1.29 is 14.3 Å². The topological polar surface area (TPSA) is 50.2 Å². The second-order valence-electron chi connectivity index (χ2n) is 3.58. The fraction of sp³-hybridized carbons (Fsp3) is 0.0769. The third-order valence-corrected chi connectivity index (χ3v) is 3.12. The Kier molecular flexibility index (Phi) is 3.84. The van der Waals surface area contributed by atoms with Crippen molar-refractivity contribution in [2.45, 2.75) is 6.42 Å². The van der Waals surface area contributed by atoms with Gasteiger partial charge >= 0.3 is 5.97 Å². The molecule has 1 heterocycles. The highest BCUT2D eigenvalue weighted by molar-refractivity contribution is 7.10. The summed E-state index contributed by atoms with van der Waals surface area (Å²) >= 11 is 1.45. The first-order valence-corrected chi connectivity index (χ1v) is 6.13. The fourth-order valence-corrected chi connectivity index (χ4v) is 2.20. The SMILES string of the molecule is O=C(O)/C=C/Cc1nc(-c2ccc(F)cc2)cs1. The summed E-state index contributed by atoms with van der Waals surface area (Å²) in [6.07, 6.45) is 3.13. The minimum absolute atomic E-state index is 0.279. The van der Waals surface area contributed by atoms with Gasteiger partial charge in [-0.25, -0.2) is 14.2 Å². The number of carbonyl (C=O) groups is 1. The molecule has 92 valence electrons. The second kappa shape index (κ2) is 5.55. The summed E-state index contributed by atoms with van der Waals surface area (Å²) in [5, 5.41) is 11.2. The van der Waals surface area contributed by atoms with Gasteiger partial charge in [0, 0.05) is 23.4 Å². The van der Waals surface area contributed by atoms with Crippen molar-refractivity contribution in [3.8, 4) is 11.3 Å². The van der Waals surface area contributed by atoms with E-state index in [1.54, 1.807) is 18.2 Å². The van der Waals surface area contributed by atoms with Crippen LogP contribution >= 0.6 is 11.3 Å². The molecule has 0 saturated heterocycles. The first kappa shape index (κ1) is 12.4. The lowest BCUT2D eigenvalue weighted by atomic mass is 10.2. The predicted octanol–water partition coefficient (Wildman–Crippen LogP) is 3.13. The maximum atomic E-state index is 12.8. The van der Waals surface area contributed by atoms with Crippen LogP contribution in [0.5, 0.6) is 0 Å². The van der Waals surface area contributed by atoms with E-state index in [0.717, 1.165) is 22.3 Å². The summed E-state index contributed by atoms with van der Waals surface area (Å²) in [7, 11) is 0. The Morgan fingerprint density at radius 2 is 2.11 bits per heavy atom. The number of carboxylic acids is 1. The van der Waals surface area contributed by atoms with Crippen molar-refractivity contribution in [3.63, 3.8) is 0 Å². The van der Waals surface area contributed by atoms with E-state index in [-0.39, 0.29) is 5.82 Å². The van der Waals surface area contributed by atoms with E-state index < -0.39 is 5.97 Å². The van der Waals surface area contributed by atoms with Crippen molar-refractivity contribution >= 4 is 17.3 Å². The monoisotopic (exact) mass is 263 g/mol. The molecule has 0 radical (unpaired) electrons. The van der Waals surface area contributed by atoms with Gasteiger partial charge in [-0.3, -0.25) is 0 Å². The number of carboxylic acid groups (broad SMARTS) is 1. The third kappa shape index (κ3) is 3.24. The summed E-state index contributed by atoms with van der Waals surface area (Å²) in [5.74, 6) is -1.25. The van der Waals surface area contributed by atoms with Gasteiger partial charge in [0.05, 0.1) is 10.7 Å². The Morgan fingerprint density at radius 3 is 2.78 bits per heavy atom. The number of benzene rings is 1. The minimum Gasteiger partial charge on any atom is -0.478 e. The van der Waals surface area contributed by atoms with Crippen LogP contribution in [0.2, 0.25) is 0 Å². The Balaban J connectivity index is 2.10. The number of halogens is 1. The smallest absolute Gasteiger partial charge is 0.327 e. The van der Waals surface area contributed by atoms with Gasteiger partial charge in [0.1, 0.15) is 5.82 Å². The third-order valence-electron chi connectivity index (χ3n) is 2.24. The standard InChI is InChI=1S/C13H10FNO2S/c14-10-6-4-9(5-7-10)11-8-18-12(15-11)2-1-3-13(16)17/h1,3-8H,2H2,(H,16,17)/b3-1+. The van der Waals surface area contributed by atoms with Gasteiger partial charge < -0.3 is 5.11 Å². The maximum Gasteiger partial charge on any atom is 0.327 e. The highest BCUT2D eigenvalue weighted by atomic mass is 32.1. The van der Waals surface area contributed by atoms with Crippen LogP contribution in [-0.2, 0) is 11.2 Å². The summed E-state index contributed by atoms with van der Waals surface area (Å²) < 4.78 is 12.8. The average Bonchev–Trinajstić information content (AvgIpc) is 2.78. The van der Waals surface area contributed by atoms with Crippen molar-refractivity contribution in [2.24, 2.45) is 0 Å². The highest BCUT2D eigenvalue weighted by Gasteiger charge is 2.03. The zero-order valence-corrected chi connectivity index (χ0v) is 10.2. The van der Waals surface area contributed by atoms with Crippen LogP contribution in [0.3, 0.4) is 0 Å². The minimum atomic E-state index is -0.967. The molecule has 0 spiro atoms. The van der Waals surface area contributed by atoms with Crippen molar-refractivity contribution in [3.05, 3.63) is 52.6 Å². The number of rotatable bonds is 4. The molecule has 2 aromatic rings.